The molecule has 0 aliphatic heterocycles. The van der Waals surface area contributed by atoms with Gasteiger partial charge in [-0.3, -0.25) is 0 Å². The Labute approximate surface area is 142 Å². The molecule has 0 aliphatic carbocycles. The molecule has 130 valence electrons. The lowest BCUT2D eigenvalue weighted by Gasteiger charge is -2.15. The molecule has 7 heteroatoms. The van der Waals surface area contributed by atoms with Gasteiger partial charge in [-0.05, 0) is 24.6 Å². The second-order valence-corrected chi connectivity index (χ2v) is 5.20. The molecule has 0 atom stereocenters. The molecule has 1 aromatic carbocycles. The van der Waals surface area contributed by atoms with E-state index in [4.69, 9.17) is 19.9 Å². The number of hydrogen-bond donors (Lipinski definition) is 2. The van der Waals surface area contributed by atoms with Crippen molar-refractivity contribution < 1.29 is 14.2 Å². The quantitative estimate of drug-likeness (QED) is 0.718. The molecule has 0 unspecified atom stereocenters. The lowest BCUT2D eigenvalue weighted by atomic mass is 10.0. The molecule has 2 rings (SSSR count). The fraction of sp³-hybridized carbons (Fsp3) is 0.412. The van der Waals surface area contributed by atoms with Crippen LogP contribution in [0.1, 0.15) is 12.1 Å². The van der Waals surface area contributed by atoms with E-state index in [1.807, 2.05) is 25.1 Å². The van der Waals surface area contributed by atoms with Crippen molar-refractivity contribution in [1.82, 2.24) is 9.97 Å². The van der Waals surface area contributed by atoms with Gasteiger partial charge in [-0.15, -0.1) is 0 Å². The zero-order valence-corrected chi connectivity index (χ0v) is 14.5. The molecule has 7 nitrogen and oxygen atoms in total. The predicted molar refractivity (Wildman–Crippen MR) is 94.7 cm³/mol. The molecule has 0 bridgehead atoms. The number of methoxy groups -OCH3 is 2. The van der Waals surface area contributed by atoms with Crippen molar-refractivity contribution in [3.05, 3.63) is 23.9 Å². The van der Waals surface area contributed by atoms with Crippen LogP contribution in [0.15, 0.2) is 18.2 Å². The van der Waals surface area contributed by atoms with E-state index in [1.165, 1.54) is 0 Å². The summed E-state index contributed by atoms with van der Waals surface area (Å²) in [6.07, 6.45) is 0.801. The average molecular weight is 332 g/mol. The molecular formula is C17H24N4O3. The standard InChI is InChI=1S/C17H24N4O3/c1-11-15(16(19-2)21-17(18)20-11)12-6-7-13(23-4)14(10-12)24-9-5-8-22-3/h6-7,10H,5,8-9H2,1-4H3,(H3,18,19,20,21). The van der Waals surface area contributed by atoms with E-state index in [9.17, 15) is 0 Å². The first kappa shape index (κ1) is 17.8. The predicted octanol–water partition coefficient (Wildman–Crippen LogP) is 2.50. The zero-order chi connectivity index (χ0) is 17.5. The smallest absolute Gasteiger partial charge is 0.222 e. The lowest BCUT2D eigenvalue weighted by Crippen LogP contribution is -2.05. The Morgan fingerprint density at radius 2 is 1.92 bits per heavy atom. The van der Waals surface area contributed by atoms with Crippen molar-refractivity contribution in [2.45, 2.75) is 13.3 Å². The van der Waals surface area contributed by atoms with Crippen molar-refractivity contribution in [3.8, 4) is 22.6 Å². The molecule has 2 aromatic rings. The Bertz CT molecular complexity index is 692. The Hall–Kier alpha value is -2.54. The van der Waals surface area contributed by atoms with Gasteiger partial charge in [0, 0.05) is 32.7 Å². The summed E-state index contributed by atoms with van der Waals surface area (Å²) >= 11 is 0. The van der Waals surface area contributed by atoms with Gasteiger partial charge in [0.15, 0.2) is 11.5 Å². The minimum Gasteiger partial charge on any atom is -0.493 e. The highest BCUT2D eigenvalue weighted by atomic mass is 16.5. The molecule has 0 radical (unpaired) electrons. The van der Waals surface area contributed by atoms with Gasteiger partial charge in [0.25, 0.3) is 0 Å². The maximum atomic E-state index is 5.84. The van der Waals surface area contributed by atoms with E-state index in [-0.39, 0.29) is 5.95 Å². The number of nitrogens with two attached hydrogens (primary N) is 1. The van der Waals surface area contributed by atoms with E-state index in [0.717, 1.165) is 23.2 Å². The second-order valence-electron chi connectivity index (χ2n) is 5.20. The summed E-state index contributed by atoms with van der Waals surface area (Å²) in [5.41, 5.74) is 8.34. The van der Waals surface area contributed by atoms with Crippen LogP contribution in [-0.4, -0.2) is 44.4 Å². The summed E-state index contributed by atoms with van der Waals surface area (Å²) in [6, 6.07) is 5.74. The van der Waals surface area contributed by atoms with Crippen LogP contribution in [0.25, 0.3) is 11.1 Å². The third-order valence-electron chi connectivity index (χ3n) is 3.55. The summed E-state index contributed by atoms with van der Waals surface area (Å²) in [5, 5.41) is 3.06. The SMILES string of the molecule is CNc1nc(N)nc(C)c1-c1ccc(OC)c(OCCCOC)c1. The highest BCUT2D eigenvalue weighted by Crippen LogP contribution is 2.36. The van der Waals surface area contributed by atoms with Gasteiger partial charge in [0.05, 0.1) is 19.4 Å². The third-order valence-corrected chi connectivity index (χ3v) is 3.55. The topological polar surface area (TPSA) is 91.5 Å². The van der Waals surface area contributed by atoms with Crippen LogP contribution in [0.4, 0.5) is 11.8 Å². The van der Waals surface area contributed by atoms with Gasteiger partial charge in [0.1, 0.15) is 5.82 Å². The van der Waals surface area contributed by atoms with Crippen LogP contribution in [0.2, 0.25) is 0 Å². The third kappa shape index (κ3) is 4.05. The zero-order valence-electron chi connectivity index (χ0n) is 14.5. The molecule has 0 spiro atoms. The van der Waals surface area contributed by atoms with Crippen LogP contribution in [-0.2, 0) is 4.74 Å². The van der Waals surface area contributed by atoms with Crippen LogP contribution < -0.4 is 20.5 Å². The van der Waals surface area contributed by atoms with Crippen molar-refractivity contribution in [2.75, 3.05) is 45.5 Å². The molecule has 0 amide bonds. The Morgan fingerprint density at radius 3 is 2.58 bits per heavy atom. The second kappa shape index (κ2) is 8.35. The first-order valence-corrected chi connectivity index (χ1v) is 7.72. The van der Waals surface area contributed by atoms with Gasteiger partial charge in [-0.2, -0.15) is 4.98 Å². The number of anilines is 2. The van der Waals surface area contributed by atoms with E-state index in [1.54, 1.807) is 21.3 Å². The van der Waals surface area contributed by atoms with Crippen molar-refractivity contribution in [2.24, 2.45) is 0 Å². The number of nitrogens with zero attached hydrogens (tertiary/aromatic N) is 2. The van der Waals surface area contributed by atoms with Crippen molar-refractivity contribution >= 4 is 11.8 Å². The minimum absolute atomic E-state index is 0.241. The average Bonchev–Trinajstić information content (AvgIpc) is 2.58. The molecular weight excluding hydrogens is 308 g/mol. The first-order valence-electron chi connectivity index (χ1n) is 7.72. The molecule has 24 heavy (non-hydrogen) atoms. The van der Waals surface area contributed by atoms with E-state index in [2.05, 4.69) is 15.3 Å². The number of aryl methyl sites for hydroxylation is 1. The molecule has 0 saturated heterocycles. The summed E-state index contributed by atoms with van der Waals surface area (Å²) in [7, 11) is 5.09. The van der Waals surface area contributed by atoms with Gasteiger partial charge < -0.3 is 25.3 Å². The minimum atomic E-state index is 0.241. The molecule has 1 aromatic heterocycles. The Morgan fingerprint density at radius 1 is 1.12 bits per heavy atom. The van der Waals surface area contributed by atoms with Gasteiger partial charge in [-0.1, -0.05) is 6.07 Å². The first-order chi connectivity index (χ1) is 11.6. The van der Waals surface area contributed by atoms with Crippen molar-refractivity contribution in [3.63, 3.8) is 0 Å². The molecule has 0 fully saturated rings. The lowest BCUT2D eigenvalue weighted by molar-refractivity contribution is 0.170. The van der Waals surface area contributed by atoms with E-state index >= 15 is 0 Å². The monoisotopic (exact) mass is 332 g/mol. The van der Waals surface area contributed by atoms with Gasteiger partial charge in [-0.25, -0.2) is 4.98 Å². The number of ether oxygens (including phenoxy) is 3. The maximum absolute atomic E-state index is 5.84. The van der Waals surface area contributed by atoms with E-state index in [0.29, 0.717) is 30.5 Å². The summed E-state index contributed by atoms with van der Waals surface area (Å²) in [6.45, 7) is 3.10. The number of rotatable bonds is 8. The summed E-state index contributed by atoms with van der Waals surface area (Å²) in [5.74, 6) is 2.27. The largest absolute Gasteiger partial charge is 0.493 e. The van der Waals surface area contributed by atoms with Gasteiger partial charge >= 0.3 is 0 Å². The molecule has 0 aliphatic rings. The summed E-state index contributed by atoms with van der Waals surface area (Å²) < 4.78 is 16.3. The van der Waals surface area contributed by atoms with Crippen LogP contribution in [0, 0.1) is 6.92 Å². The Balaban J connectivity index is 2.38. The highest BCUT2D eigenvalue weighted by Gasteiger charge is 2.15. The van der Waals surface area contributed by atoms with Crippen LogP contribution in [0.5, 0.6) is 11.5 Å². The number of nitrogens with one attached hydrogen (secondary N) is 1. The number of aromatic nitrogens is 2. The number of hydrogen-bond acceptors (Lipinski definition) is 7. The van der Waals surface area contributed by atoms with E-state index < -0.39 is 0 Å². The van der Waals surface area contributed by atoms with Crippen LogP contribution in [0.3, 0.4) is 0 Å². The summed E-state index contributed by atoms with van der Waals surface area (Å²) in [4.78, 5) is 8.51. The molecule has 0 saturated carbocycles. The maximum Gasteiger partial charge on any atom is 0.222 e. The Kier molecular flexibility index (Phi) is 6.20. The fourth-order valence-corrected chi connectivity index (χ4v) is 2.45. The number of nitrogen functional groups attached to an aromatic ring is 1. The van der Waals surface area contributed by atoms with Crippen LogP contribution >= 0.6 is 0 Å². The van der Waals surface area contributed by atoms with Crippen molar-refractivity contribution in [1.29, 1.82) is 0 Å². The highest BCUT2D eigenvalue weighted by molar-refractivity contribution is 5.79. The molecule has 3 N–H and O–H groups in total. The molecule has 1 heterocycles. The fourth-order valence-electron chi connectivity index (χ4n) is 2.45. The number of benzene rings is 1. The van der Waals surface area contributed by atoms with Gasteiger partial charge in [0.2, 0.25) is 5.95 Å². The normalized spacial score (nSPS) is 10.5.